The molecule has 1 aromatic rings. The van der Waals surface area contributed by atoms with E-state index in [-0.39, 0.29) is 25.4 Å². The minimum absolute atomic E-state index is 0.0461. The first kappa shape index (κ1) is 19.8. The van der Waals surface area contributed by atoms with Crippen molar-refractivity contribution in [2.75, 3.05) is 20.3 Å². The lowest BCUT2D eigenvalue weighted by Gasteiger charge is -2.27. The van der Waals surface area contributed by atoms with Gasteiger partial charge >= 0.3 is 12.1 Å². The molecule has 0 fully saturated rings. The second-order valence-corrected chi connectivity index (χ2v) is 6.17. The maximum Gasteiger partial charge on any atom is 0.410 e. The number of carboxylic acid groups (broad SMARTS) is 1. The van der Waals surface area contributed by atoms with Gasteiger partial charge in [0.1, 0.15) is 18.0 Å². The van der Waals surface area contributed by atoms with Gasteiger partial charge in [-0.15, -0.1) is 0 Å². The van der Waals surface area contributed by atoms with E-state index in [0.29, 0.717) is 11.1 Å². The minimum atomic E-state index is -1.16. The van der Waals surface area contributed by atoms with Crippen molar-refractivity contribution in [1.82, 2.24) is 9.88 Å². The monoisotopic (exact) mass is 342 g/mol. The summed E-state index contributed by atoms with van der Waals surface area (Å²) in [6.45, 7) is 4.50. The summed E-state index contributed by atoms with van der Waals surface area (Å²) in [4.78, 5) is 28.3. The van der Waals surface area contributed by atoms with E-state index in [1.54, 1.807) is 20.8 Å². The van der Waals surface area contributed by atoms with E-state index in [0.717, 1.165) is 0 Å². The summed E-state index contributed by atoms with van der Waals surface area (Å²) in [6, 6.07) is 1.38. The average Bonchev–Trinajstić information content (AvgIpc) is 2.46. The number of carbonyl (C=O) groups is 2. The number of aromatic carboxylic acids is 1. The first-order valence-corrected chi connectivity index (χ1v) is 7.42. The Hall–Kier alpha value is -2.22. The molecule has 0 bridgehead atoms. The number of halogens is 1. The predicted octanol–water partition coefficient (Wildman–Crippen LogP) is 2.63. The summed E-state index contributed by atoms with van der Waals surface area (Å²) in [5.74, 6) is -1.16. The zero-order valence-electron chi connectivity index (χ0n) is 14.3. The fourth-order valence-corrected chi connectivity index (χ4v) is 1.94. The Labute approximate surface area is 140 Å². The highest BCUT2D eigenvalue weighted by Crippen LogP contribution is 2.17. The molecule has 0 spiro atoms. The highest BCUT2D eigenvalue weighted by Gasteiger charge is 2.23. The number of aromatic nitrogens is 1. The number of ether oxygens (including phenoxy) is 2. The SMILES string of the molecule is COCc1cc(C(=O)O)ncc1CN(CCF)C(=O)OC(C)(C)C. The molecular formula is C16H23FN2O5. The fraction of sp³-hybridized carbons (Fsp3) is 0.562. The van der Waals surface area contributed by atoms with Crippen LogP contribution >= 0.6 is 0 Å². The number of methoxy groups -OCH3 is 1. The summed E-state index contributed by atoms with van der Waals surface area (Å²) in [7, 11) is 1.47. The lowest BCUT2D eigenvalue weighted by atomic mass is 10.1. The Morgan fingerprint density at radius 3 is 2.50 bits per heavy atom. The molecule has 0 aromatic carbocycles. The fourth-order valence-electron chi connectivity index (χ4n) is 1.94. The molecule has 24 heavy (non-hydrogen) atoms. The van der Waals surface area contributed by atoms with Crippen molar-refractivity contribution in [2.24, 2.45) is 0 Å². The van der Waals surface area contributed by atoms with Crippen molar-refractivity contribution in [2.45, 2.75) is 39.5 Å². The maximum atomic E-state index is 12.8. The quantitative estimate of drug-likeness (QED) is 0.819. The van der Waals surface area contributed by atoms with Gasteiger partial charge in [0.2, 0.25) is 0 Å². The van der Waals surface area contributed by atoms with Gasteiger partial charge in [0.05, 0.1) is 19.7 Å². The van der Waals surface area contributed by atoms with Crippen molar-refractivity contribution in [3.8, 4) is 0 Å². The van der Waals surface area contributed by atoms with Gasteiger partial charge in [0.25, 0.3) is 0 Å². The standard InChI is InChI=1S/C16H23FN2O5/c1-16(2,3)24-15(22)19(6-5-17)9-12-8-18-13(14(20)21)7-11(12)10-23-4/h7-8H,5-6,9-10H2,1-4H3,(H,20,21). The summed E-state index contributed by atoms with van der Waals surface area (Å²) < 4.78 is 23.1. The van der Waals surface area contributed by atoms with Crippen LogP contribution in [0.5, 0.6) is 0 Å². The van der Waals surface area contributed by atoms with Crippen LogP contribution in [0.4, 0.5) is 9.18 Å². The Bertz CT molecular complexity index is 586. The third-order valence-electron chi connectivity index (χ3n) is 2.97. The van der Waals surface area contributed by atoms with Crippen molar-refractivity contribution < 1.29 is 28.6 Å². The van der Waals surface area contributed by atoms with Crippen LogP contribution in [0.15, 0.2) is 12.3 Å². The first-order chi connectivity index (χ1) is 11.2. The molecule has 1 heterocycles. The van der Waals surface area contributed by atoms with Gasteiger partial charge in [-0.05, 0) is 38.0 Å². The highest BCUT2D eigenvalue weighted by atomic mass is 19.1. The van der Waals surface area contributed by atoms with E-state index in [1.807, 2.05) is 0 Å². The van der Waals surface area contributed by atoms with Crippen molar-refractivity contribution in [3.05, 3.63) is 29.1 Å². The first-order valence-electron chi connectivity index (χ1n) is 7.42. The van der Waals surface area contributed by atoms with Crippen molar-refractivity contribution in [1.29, 1.82) is 0 Å². The molecule has 0 saturated heterocycles. The Kier molecular flexibility index (Phi) is 7.09. The topological polar surface area (TPSA) is 89.0 Å². The zero-order valence-corrected chi connectivity index (χ0v) is 14.3. The van der Waals surface area contributed by atoms with Crippen molar-refractivity contribution in [3.63, 3.8) is 0 Å². The molecule has 0 aliphatic heterocycles. The van der Waals surface area contributed by atoms with Gasteiger partial charge in [-0.3, -0.25) is 0 Å². The number of alkyl halides is 1. The molecule has 1 amide bonds. The third-order valence-corrected chi connectivity index (χ3v) is 2.97. The maximum absolute atomic E-state index is 12.8. The van der Waals surface area contributed by atoms with E-state index in [2.05, 4.69) is 4.98 Å². The number of rotatable bonds is 7. The van der Waals surface area contributed by atoms with Crippen LogP contribution in [0.3, 0.4) is 0 Å². The number of amides is 1. The number of carbonyl (C=O) groups excluding carboxylic acids is 1. The summed E-state index contributed by atoms with van der Waals surface area (Å²) in [6.07, 6.45) is 0.707. The molecule has 0 aliphatic carbocycles. The lowest BCUT2D eigenvalue weighted by molar-refractivity contribution is 0.0220. The number of carboxylic acids is 1. The molecular weight excluding hydrogens is 319 g/mol. The van der Waals surface area contributed by atoms with Crippen LogP contribution in [-0.4, -0.2) is 53.0 Å². The van der Waals surface area contributed by atoms with Gasteiger partial charge in [-0.2, -0.15) is 0 Å². The van der Waals surface area contributed by atoms with Gasteiger partial charge in [-0.25, -0.2) is 19.0 Å². The number of pyridine rings is 1. The second-order valence-electron chi connectivity index (χ2n) is 6.17. The minimum Gasteiger partial charge on any atom is -0.477 e. The van der Waals surface area contributed by atoms with Crippen molar-refractivity contribution >= 4 is 12.1 Å². The van der Waals surface area contributed by atoms with Gasteiger partial charge in [-0.1, -0.05) is 0 Å². The van der Waals surface area contributed by atoms with Crippen LogP contribution < -0.4 is 0 Å². The molecule has 0 saturated carbocycles. The van der Waals surface area contributed by atoms with Gasteiger partial charge in [0.15, 0.2) is 0 Å². The second kappa shape index (κ2) is 8.58. The van der Waals surface area contributed by atoms with E-state index in [9.17, 15) is 14.0 Å². The molecule has 1 N–H and O–H groups in total. The number of hydrogen-bond donors (Lipinski definition) is 1. The van der Waals surface area contributed by atoms with E-state index >= 15 is 0 Å². The van der Waals surface area contributed by atoms with E-state index in [1.165, 1.54) is 24.3 Å². The Balaban J connectivity index is 3.04. The molecule has 134 valence electrons. The van der Waals surface area contributed by atoms with Gasteiger partial charge in [0, 0.05) is 13.3 Å². The van der Waals surface area contributed by atoms with Crippen LogP contribution in [0.1, 0.15) is 42.4 Å². The molecule has 0 radical (unpaired) electrons. The predicted molar refractivity (Wildman–Crippen MR) is 84.5 cm³/mol. The molecule has 0 atom stereocenters. The van der Waals surface area contributed by atoms with Crippen LogP contribution in [0.25, 0.3) is 0 Å². The van der Waals surface area contributed by atoms with Crippen LogP contribution in [0.2, 0.25) is 0 Å². The normalized spacial score (nSPS) is 11.2. The Morgan fingerprint density at radius 2 is 2.00 bits per heavy atom. The molecule has 1 rings (SSSR count). The number of hydrogen-bond acceptors (Lipinski definition) is 5. The molecule has 1 aromatic heterocycles. The molecule has 0 unspecified atom stereocenters. The summed E-state index contributed by atoms with van der Waals surface area (Å²) >= 11 is 0. The third kappa shape index (κ3) is 6.11. The highest BCUT2D eigenvalue weighted by molar-refractivity contribution is 5.85. The van der Waals surface area contributed by atoms with Gasteiger partial charge < -0.3 is 19.5 Å². The molecule has 8 heteroatoms. The summed E-state index contributed by atoms with van der Waals surface area (Å²) in [5, 5.41) is 9.01. The average molecular weight is 342 g/mol. The molecule has 7 nitrogen and oxygen atoms in total. The summed E-state index contributed by atoms with van der Waals surface area (Å²) in [5.41, 5.74) is 0.311. The lowest BCUT2D eigenvalue weighted by Crippen LogP contribution is -2.38. The van der Waals surface area contributed by atoms with Crippen LogP contribution in [-0.2, 0) is 22.6 Å². The molecule has 0 aliphatic rings. The van der Waals surface area contributed by atoms with Crippen LogP contribution in [0, 0.1) is 0 Å². The van der Waals surface area contributed by atoms with E-state index in [4.69, 9.17) is 14.6 Å². The zero-order chi connectivity index (χ0) is 18.3. The Morgan fingerprint density at radius 1 is 1.33 bits per heavy atom. The van der Waals surface area contributed by atoms with E-state index < -0.39 is 24.3 Å². The largest absolute Gasteiger partial charge is 0.477 e. The smallest absolute Gasteiger partial charge is 0.410 e. The number of nitrogens with zero attached hydrogens (tertiary/aromatic N) is 2.